The van der Waals surface area contributed by atoms with Crippen molar-refractivity contribution in [2.75, 3.05) is 50.9 Å². The molecule has 3 aliphatic heterocycles. The van der Waals surface area contributed by atoms with Gasteiger partial charge in [-0.2, -0.15) is 9.97 Å². The largest absolute Gasteiger partial charge is 0.461 e. The Hall–Kier alpha value is -1.81. The molecule has 9 heteroatoms. The maximum atomic E-state index is 10.9. The van der Waals surface area contributed by atoms with Crippen LogP contribution < -0.4 is 9.64 Å². The van der Waals surface area contributed by atoms with Gasteiger partial charge in [-0.05, 0) is 75.5 Å². The molecule has 4 aliphatic rings. The summed E-state index contributed by atoms with van der Waals surface area (Å²) in [5.74, 6) is 0.756. The van der Waals surface area contributed by atoms with Crippen LogP contribution >= 0.6 is 15.9 Å². The Balaban J connectivity index is 0.00000156. The second-order valence-corrected chi connectivity index (χ2v) is 11.5. The standard InChI is InChI=1S/C26H36BrN5O3.C2H6/c1-5-18-21-20(13-19(27)22(18)28-17(2)3)29-24(35-16-26-7-6-9-32(26)10-8-26)30-23(21)31-11-12-34-15-25(4,33)14-31;1-2/h5,13,17,33H,6-12,14-16H2,1-4H3;1-2H3/b18-5-,28-22?;. The molecule has 3 saturated heterocycles. The quantitative estimate of drug-likeness (QED) is 0.544. The van der Waals surface area contributed by atoms with E-state index in [9.17, 15) is 5.11 Å². The van der Waals surface area contributed by atoms with Crippen LogP contribution in [0.2, 0.25) is 0 Å². The van der Waals surface area contributed by atoms with Crippen LogP contribution in [0.1, 0.15) is 72.1 Å². The third kappa shape index (κ3) is 5.79. The highest BCUT2D eigenvalue weighted by molar-refractivity contribution is 9.12. The zero-order chi connectivity index (χ0) is 26.8. The average molecular weight is 577 g/mol. The first kappa shape index (κ1) is 28.2. The van der Waals surface area contributed by atoms with Crippen LogP contribution in [0.5, 0.6) is 6.01 Å². The van der Waals surface area contributed by atoms with E-state index in [-0.39, 0.29) is 11.6 Å². The van der Waals surface area contributed by atoms with Gasteiger partial charge in [-0.15, -0.1) is 0 Å². The summed E-state index contributed by atoms with van der Waals surface area (Å²) in [4.78, 5) is 19.3. The number of rotatable bonds is 5. The fraction of sp³-hybridized carbons (Fsp3) is 0.679. The van der Waals surface area contributed by atoms with Crippen molar-refractivity contribution in [1.29, 1.82) is 0 Å². The van der Waals surface area contributed by atoms with Gasteiger partial charge in [-0.25, -0.2) is 0 Å². The monoisotopic (exact) mass is 575 g/mol. The van der Waals surface area contributed by atoms with E-state index < -0.39 is 5.60 Å². The van der Waals surface area contributed by atoms with E-state index in [0.29, 0.717) is 38.9 Å². The molecule has 37 heavy (non-hydrogen) atoms. The number of anilines is 1. The molecule has 0 radical (unpaired) electrons. The lowest BCUT2D eigenvalue weighted by atomic mass is 9.86. The van der Waals surface area contributed by atoms with E-state index >= 15 is 0 Å². The normalized spacial score (nSPS) is 29.8. The molecule has 0 amide bonds. The van der Waals surface area contributed by atoms with Crippen LogP contribution in [-0.4, -0.2) is 88.9 Å². The molecule has 0 spiro atoms. The SMILES string of the molecule is C/C=C1\C(=NC(C)C)C(Br)=Cc2nc(OCC34CCCN3CC4)nc(N3CCOCC(C)(O)C3)c21.CC. The number of fused-ring (bicyclic) bond motifs is 2. The molecular weight excluding hydrogens is 534 g/mol. The minimum absolute atomic E-state index is 0.137. The van der Waals surface area contributed by atoms with Crippen LogP contribution in [-0.2, 0) is 4.74 Å². The number of ether oxygens (including phenoxy) is 2. The van der Waals surface area contributed by atoms with E-state index in [1.165, 1.54) is 19.3 Å². The summed E-state index contributed by atoms with van der Waals surface area (Å²) in [5, 5.41) is 10.9. The van der Waals surface area contributed by atoms with E-state index in [0.717, 1.165) is 45.9 Å². The molecule has 0 saturated carbocycles. The van der Waals surface area contributed by atoms with E-state index in [1.54, 1.807) is 6.92 Å². The molecule has 8 nitrogen and oxygen atoms in total. The number of aliphatic imine (C=N–C) groups is 1. The predicted molar refractivity (Wildman–Crippen MR) is 154 cm³/mol. The number of aliphatic hydroxyl groups is 1. The Morgan fingerprint density at radius 2 is 2.03 bits per heavy atom. The van der Waals surface area contributed by atoms with Crippen molar-refractivity contribution in [1.82, 2.24) is 14.9 Å². The number of halogens is 1. The molecule has 0 aromatic carbocycles. The first-order chi connectivity index (χ1) is 17.7. The van der Waals surface area contributed by atoms with Crippen LogP contribution in [0.25, 0.3) is 11.6 Å². The molecule has 2 atom stereocenters. The molecule has 4 heterocycles. The number of hydrogen-bond donors (Lipinski definition) is 1. The molecule has 204 valence electrons. The van der Waals surface area contributed by atoms with Crippen molar-refractivity contribution in [3.63, 3.8) is 0 Å². The Morgan fingerprint density at radius 3 is 2.68 bits per heavy atom. The van der Waals surface area contributed by atoms with Gasteiger partial charge in [0.25, 0.3) is 0 Å². The third-order valence-corrected chi connectivity index (χ3v) is 8.00. The molecule has 2 unspecified atom stereocenters. The highest BCUT2D eigenvalue weighted by Gasteiger charge is 2.48. The Labute approximate surface area is 230 Å². The molecule has 1 N–H and O–H groups in total. The number of β-amino-alcohol motifs (C(OH)–C–C–N with tert-alkyl or cyclic N) is 1. The first-order valence-corrected chi connectivity index (χ1v) is 14.5. The van der Waals surface area contributed by atoms with Crippen LogP contribution in [0.3, 0.4) is 0 Å². The highest BCUT2D eigenvalue weighted by Crippen LogP contribution is 2.42. The third-order valence-electron chi connectivity index (χ3n) is 7.40. The average Bonchev–Trinajstić information content (AvgIpc) is 3.01. The summed E-state index contributed by atoms with van der Waals surface area (Å²) in [6.45, 7) is 16.7. The Kier molecular flexibility index (Phi) is 8.78. The molecule has 5 rings (SSSR count). The Morgan fingerprint density at radius 1 is 1.24 bits per heavy atom. The smallest absolute Gasteiger partial charge is 0.319 e. The van der Waals surface area contributed by atoms with Crippen molar-refractivity contribution in [3.05, 3.63) is 21.8 Å². The summed E-state index contributed by atoms with van der Waals surface area (Å²) < 4.78 is 12.9. The second-order valence-electron chi connectivity index (χ2n) is 10.7. The lowest BCUT2D eigenvalue weighted by Crippen LogP contribution is -2.59. The molecule has 0 bridgehead atoms. The Bertz CT molecular complexity index is 1080. The summed E-state index contributed by atoms with van der Waals surface area (Å²) in [6.07, 6.45) is 7.64. The number of aromatic nitrogens is 2. The van der Waals surface area contributed by atoms with Crippen LogP contribution in [0.15, 0.2) is 15.6 Å². The maximum absolute atomic E-state index is 10.9. The summed E-state index contributed by atoms with van der Waals surface area (Å²) >= 11 is 3.74. The van der Waals surface area contributed by atoms with Crippen LogP contribution in [0, 0.1) is 0 Å². The van der Waals surface area contributed by atoms with Gasteiger partial charge >= 0.3 is 6.01 Å². The molecule has 3 fully saturated rings. The number of nitrogens with zero attached hydrogens (tertiary/aromatic N) is 5. The maximum Gasteiger partial charge on any atom is 0.319 e. The summed E-state index contributed by atoms with van der Waals surface area (Å²) in [6, 6.07) is 0.519. The van der Waals surface area contributed by atoms with Crippen LogP contribution in [0.4, 0.5) is 5.82 Å². The minimum atomic E-state index is -0.985. The van der Waals surface area contributed by atoms with E-state index in [4.69, 9.17) is 24.4 Å². The van der Waals surface area contributed by atoms with Gasteiger partial charge in [0.1, 0.15) is 18.0 Å². The number of allylic oxidation sites excluding steroid dienone is 3. The van der Waals surface area contributed by atoms with Gasteiger partial charge < -0.3 is 19.5 Å². The van der Waals surface area contributed by atoms with E-state index in [1.807, 2.05) is 26.8 Å². The van der Waals surface area contributed by atoms with E-state index in [2.05, 4.69) is 45.7 Å². The molecule has 1 aromatic heterocycles. The lowest BCUT2D eigenvalue weighted by molar-refractivity contribution is -0.0135. The van der Waals surface area contributed by atoms with Crippen molar-refractivity contribution in [2.24, 2.45) is 4.99 Å². The molecular formula is C28H42BrN5O3. The summed E-state index contributed by atoms with van der Waals surface area (Å²) in [5.41, 5.74) is 2.74. The second kappa shape index (κ2) is 11.5. The van der Waals surface area contributed by atoms with Crippen molar-refractivity contribution in [3.8, 4) is 6.01 Å². The van der Waals surface area contributed by atoms with Gasteiger partial charge in [0.15, 0.2) is 0 Å². The van der Waals surface area contributed by atoms with Gasteiger partial charge in [-0.1, -0.05) is 19.9 Å². The zero-order valence-corrected chi connectivity index (χ0v) is 24.8. The summed E-state index contributed by atoms with van der Waals surface area (Å²) in [7, 11) is 0. The van der Waals surface area contributed by atoms with Crippen molar-refractivity contribution >= 4 is 39.1 Å². The van der Waals surface area contributed by atoms with Gasteiger partial charge in [-0.3, -0.25) is 9.89 Å². The van der Waals surface area contributed by atoms with Crippen molar-refractivity contribution < 1.29 is 14.6 Å². The predicted octanol–water partition coefficient (Wildman–Crippen LogP) is 4.71. The van der Waals surface area contributed by atoms with Gasteiger partial charge in [0, 0.05) is 29.2 Å². The van der Waals surface area contributed by atoms with Gasteiger partial charge in [0.05, 0.1) is 42.3 Å². The molecule has 1 aliphatic carbocycles. The molecule has 1 aromatic rings. The highest BCUT2D eigenvalue weighted by atomic mass is 79.9. The van der Waals surface area contributed by atoms with Crippen molar-refractivity contribution in [2.45, 2.75) is 78.0 Å². The fourth-order valence-electron chi connectivity index (χ4n) is 5.64. The minimum Gasteiger partial charge on any atom is -0.461 e. The topological polar surface area (TPSA) is 83.3 Å². The first-order valence-electron chi connectivity index (χ1n) is 13.7. The zero-order valence-electron chi connectivity index (χ0n) is 23.2. The number of hydrogen-bond acceptors (Lipinski definition) is 8. The fourth-order valence-corrected chi connectivity index (χ4v) is 6.18. The lowest BCUT2D eigenvalue weighted by Gasteiger charge is -2.47. The van der Waals surface area contributed by atoms with Gasteiger partial charge in [0.2, 0.25) is 0 Å².